The van der Waals surface area contributed by atoms with Gasteiger partial charge in [-0.25, -0.2) is 13.2 Å². The van der Waals surface area contributed by atoms with E-state index in [1.807, 2.05) is 0 Å². The molecular formula is C13H16F3N. The summed E-state index contributed by atoms with van der Waals surface area (Å²) < 4.78 is 38.9. The molecule has 1 saturated carbocycles. The van der Waals surface area contributed by atoms with Crippen LogP contribution >= 0.6 is 0 Å². The summed E-state index contributed by atoms with van der Waals surface area (Å²) in [5.74, 6) is -2.26. The molecule has 17 heavy (non-hydrogen) atoms. The van der Waals surface area contributed by atoms with E-state index in [0.717, 1.165) is 19.0 Å². The van der Waals surface area contributed by atoms with E-state index in [0.29, 0.717) is 17.4 Å². The van der Waals surface area contributed by atoms with Crippen LogP contribution in [-0.4, -0.2) is 6.54 Å². The van der Waals surface area contributed by atoms with Gasteiger partial charge in [-0.1, -0.05) is 13.8 Å². The SMILES string of the molecule is CC1(C)CC1CNCc1cc(F)c(F)cc1F. The van der Waals surface area contributed by atoms with Gasteiger partial charge in [0.2, 0.25) is 0 Å². The highest BCUT2D eigenvalue weighted by molar-refractivity contribution is 5.20. The summed E-state index contributed by atoms with van der Waals surface area (Å²) in [4.78, 5) is 0. The highest BCUT2D eigenvalue weighted by Crippen LogP contribution is 2.50. The number of hydrogen-bond donors (Lipinski definition) is 1. The third-order valence-electron chi connectivity index (χ3n) is 3.51. The molecule has 1 atom stereocenters. The van der Waals surface area contributed by atoms with Crippen LogP contribution in [0.15, 0.2) is 12.1 Å². The van der Waals surface area contributed by atoms with Crippen molar-refractivity contribution in [1.29, 1.82) is 0 Å². The standard InChI is InChI=1S/C13H16F3N/c1-13(2)5-9(13)7-17-6-8-3-11(15)12(16)4-10(8)14/h3-4,9,17H,5-7H2,1-2H3. The van der Waals surface area contributed by atoms with Gasteiger partial charge < -0.3 is 5.32 Å². The molecule has 1 aromatic carbocycles. The van der Waals surface area contributed by atoms with Gasteiger partial charge in [0.25, 0.3) is 0 Å². The summed E-state index contributed by atoms with van der Waals surface area (Å²) >= 11 is 0. The lowest BCUT2D eigenvalue weighted by molar-refractivity contribution is 0.481. The molecule has 1 aliphatic carbocycles. The summed E-state index contributed by atoms with van der Waals surface area (Å²) in [6.45, 7) is 5.37. The molecule has 0 bridgehead atoms. The van der Waals surface area contributed by atoms with E-state index in [-0.39, 0.29) is 12.1 Å². The van der Waals surface area contributed by atoms with Gasteiger partial charge in [-0.3, -0.25) is 0 Å². The van der Waals surface area contributed by atoms with Gasteiger partial charge in [0.15, 0.2) is 11.6 Å². The predicted octanol–water partition coefficient (Wildman–Crippen LogP) is 3.24. The monoisotopic (exact) mass is 243 g/mol. The first-order valence-corrected chi connectivity index (χ1v) is 5.74. The molecule has 0 heterocycles. The second kappa shape index (κ2) is 4.33. The minimum atomic E-state index is -1.14. The Kier molecular flexibility index (Phi) is 3.17. The Balaban J connectivity index is 1.89. The van der Waals surface area contributed by atoms with Crippen LogP contribution in [0.5, 0.6) is 0 Å². The predicted molar refractivity (Wildman–Crippen MR) is 59.9 cm³/mol. The number of nitrogens with one attached hydrogen (secondary N) is 1. The van der Waals surface area contributed by atoms with Crippen LogP contribution in [0.25, 0.3) is 0 Å². The van der Waals surface area contributed by atoms with E-state index < -0.39 is 17.5 Å². The Labute approximate surface area is 99.0 Å². The van der Waals surface area contributed by atoms with Crippen molar-refractivity contribution in [2.24, 2.45) is 11.3 Å². The maximum atomic E-state index is 13.3. The van der Waals surface area contributed by atoms with Crippen LogP contribution < -0.4 is 5.32 Å². The average molecular weight is 243 g/mol. The van der Waals surface area contributed by atoms with E-state index in [1.54, 1.807) is 0 Å². The van der Waals surface area contributed by atoms with Crippen molar-refractivity contribution in [3.8, 4) is 0 Å². The second-order valence-corrected chi connectivity index (χ2v) is 5.38. The molecule has 0 saturated heterocycles. The third-order valence-corrected chi connectivity index (χ3v) is 3.51. The molecule has 1 nitrogen and oxygen atoms in total. The van der Waals surface area contributed by atoms with Gasteiger partial charge in [0.1, 0.15) is 5.82 Å². The maximum Gasteiger partial charge on any atom is 0.161 e. The Morgan fingerprint density at radius 1 is 1.18 bits per heavy atom. The van der Waals surface area contributed by atoms with Gasteiger partial charge in [-0.15, -0.1) is 0 Å². The fourth-order valence-electron chi connectivity index (χ4n) is 2.00. The molecule has 0 spiro atoms. The quantitative estimate of drug-likeness (QED) is 0.800. The Hall–Kier alpha value is -1.03. The normalized spacial score (nSPS) is 21.6. The van der Waals surface area contributed by atoms with Crippen LogP contribution in [-0.2, 0) is 6.54 Å². The molecule has 1 aliphatic rings. The molecular weight excluding hydrogens is 227 g/mol. The molecule has 0 aromatic heterocycles. The van der Waals surface area contributed by atoms with Crippen LogP contribution in [0.3, 0.4) is 0 Å². The first-order valence-electron chi connectivity index (χ1n) is 5.74. The summed E-state index contributed by atoms with van der Waals surface area (Å²) in [5, 5.41) is 3.08. The topological polar surface area (TPSA) is 12.0 Å². The zero-order chi connectivity index (χ0) is 12.6. The third kappa shape index (κ3) is 2.80. The number of halogens is 3. The molecule has 94 valence electrons. The van der Waals surface area contributed by atoms with Crippen molar-refractivity contribution in [3.63, 3.8) is 0 Å². The minimum Gasteiger partial charge on any atom is -0.312 e. The number of benzene rings is 1. The highest BCUT2D eigenvalue weighted by Gasteiger charge is 2.44. The summed E-state index contributed by atoms with van der Waals surface area (Å²) in [6, 6.07) is 1.50. The molecule has 0 aliphatic heterocycles. The fraction of sp³-hybridized carbons (Fsp3) is 0.538. The van der Waals surface area contributed by atoms with Crippen molar-refractivity contribution < 1.29 is 13.2 Å². The van der Waals surface area contributed by atoms with Crippen molar-refractivity contribution in [3.05, 3.63) is 35.1 Å². The van der Waals surface area contributed by atoms with Crippen LogP contribution in [0, 0.1) is 28.8 Å². The van der Waals surface area contributed by atoms with Gasteiger partial charge in [-0.05, 0) is 30.4 Å². The minimum absolute atomic E-state index is 0.169. The second-order valence-electron chi connectivity index (χ2n) is 5.38. The largest absolute Gasteiger partial charge is 0.312 e. The van der Waals surface area contributed by atoms with Crippen LogP contribution in [0.4, 0.5) is 13.2 Å². The fourth-order valence-corrected chi connectivity index (χ4v) is 2.00. The van der Waals surface area contributed by atoms with Crippen LogP contribution in [0.1, 0.15) is 25.8 Å². The van der Waals surface area contributed by atoms with Crippen molar-refractivity contribution in [2.75, 3.05) is 6.54 Å². The zero-order valence-corrected chi connectivity index (χ0v) is 9.99. The van der Waals surface area contributed by atoms with Gasteiger partial charge in [0, 0.05) is 18.2 Å². The van der Waals surface area contributed by atoms with Crippen molar-refractivity contribution in [2.45, 2.75) is 26.8 Å². The lowest BCUT2D eigenvalue weighted by atomic mass is 10.1. The first kappa shape index (κ1) is 12.4. The summed E-state index contributed by atoms with van der Waals surface area (Å²) in [6.07, 6.45) is 1.15. The van der Waals surface area contributed by atoms with Gasteiger partial charge >= 0.3 is 0 Å². The highest BCUT2D eigenvalue weighted by atomic mass is 19.2. The molecule has 1 aromatic rings. The molecule has 1 unspecified atom stereocenters. The molecule has 4 heteroatoms. The van der Waals surface area contributed by atoms with Crippen molar-refractivity contribution >= 4 is 0 Å². The van der Waals surface area contributed by atoms with E-state index in [4.69, 9.17) is 0 Å². The molecule has 0 radical (unpaired) electrons. The molecule has 0 amide bonds. The Bertz CT molecular complexity index is 429. The Morgan fingerprint density at radius 2 is 1.76 bits per heavy atom. The summed E-state index contributed by atoms with van der Waals surface area (Å²) in [7, 11) is 0. The zero-order valence-electron chi connectivity index (χ0n) is 9.99. The Morgan fingerprint density at radius 3 is 2.35 bits per heavy atom. The first-order chi connectivity index (χ1) is 7.90. The molecule has 2 rings (SSSR count). The average Bonchev–Trinajstić information content (AvgIpc) is 2.82. The van der Waals surface area contributed by atoms with E-state index >= 15 is 0 Å². The van der Waals surface area contributed by atoms with Crippen LogP contribution in [0.2, 0.25) is 0 Å². The number of rotatable bonds is 4. The van der Waals surface area contributed by atoms with E-state index in [2.05, 4.69) is 19.2 Å². The summed E-state index contributed by atoms with van der Waals surface area (Å²) in [5.41, 5.74) is 0.530. The van der Waals surface area contributed by atoms with E-state index in [9.17, 15) is 13.2 Å². The lowest BCUT2D eigenvalue weighted by Crippen LogP contribution is -2.19. The lowest BCUT2D eigenvalue weighted by Gasteiger charge is -2.07. The van der Waals surface area contributed by atoms with Gasteiger partial charge in [-0.2, -0.15) is 0 Å². The van der Waals surface area contributed by atoms with Crippen molar-refractivity contribution in [1.82, 2.24) is 5.32 Å². The number of hydrogen-bond acceptors (Lipinski definition) is 1. The maximum absolute atomic E-state index is 13.3. The van der Waals surface area contributed by atoms with E-state index in [1.165, 1.54) is 0 Å². The molecule has 1 fully saturated rings. The molecule has 1 N–H and O–H groups in total. The smallest absolute Gasteiger partial charge is 0.161 e. The van der Waals surface area contributed by atoms with Gasteiger partial charge in [0.05, 0.1) is 0 Å².